The molecule has 0 aromatic heterocycles. The van der Waals surface area contributed by atoms with Crippen molar-refractivity contribution in [2.45, 2.75) is 76.8 Å². The van der Waals surface area contributed by atoms with Crippen LogP contribution < -0.4 is 5.32 Å². The molecule has 0 unspecified atom stereocenters. The molecule has 1 saturated carbocycles. The van der Waals surface area contributed by atoms with Crippen LogP contribution in [0.1, 0.15) is 63.0 Å². The van der Waals surface area contributed by atoms with Crippen molar-refractivity contribution in [2.75, 3.05) is 6.54 Å². The van der Waals surface area contributed by atoms with Crippen LogP contribution in [-0.2, 0) is 22.4 Å². The van der Waals surface area contributed by atoms with E-state index >= 15 is 0 Å². The van der Waals surface area contributed by atoms with E-state index in [0.29, 0.717) is 30.8 Å². The Morgan fingerprint density at radius 2 is 1.69 bits per heavy atom. The second-order valence-electron chi connectivity index (χ2n) is 8.68. The van der Waals surface area contributed by atoms with Crippen molar-refractivity contribution in [3.63, 3.8) is 0 Å². The minimum atomic E-state index is -0.445. The molecule has 1 aliphatic rings. The van der Waals surface area contributed by atoms with Crippen molar-refractivity contribution >= 4 is 23.4 Å². The summed E-state index contributed by atoms with van der Waals surface area (Å²) >= 11 is 6.29. The van der Waals surface area contributed by atoms with Crippen LogP contribution in [0.25, 0.3) is 0 Å². The SMILES string of the molecule is CC[C@H](C(=O)NC1CCCCC1)N(CCc1ccccc1)C(=O)CCc1ccccc1Cl. The minimum Gasteiger partial charge on any atom is -0.352 e. The molecule has 0 heterocycles. The lowest BCUT2D eigenvalue weighted by Gasteiger charge is -2.33. The molecule has 2 amide bonds. The van der Waals surface area contributed by atoms with Gasteiger partial charge in [0.2, 0.25) is 11.8 Å². The molecule has 172 valence electrons. The standard InChI is InChI=1S/C27H35ClN2O2/c1-2-25(27(32)29-23-14-7-4-8-15-23)30(20-19-21-11-5-3-6-12-21)26(31)18-17-22-13-9-10-16-24(22)28/h3,5-6,9-13,16,23,25H,2,4,7-8,14-15,17-20H2,1H3,(H,29,32)/t25-/m1/s1. The summed E-state index contributed by atoms with van der Waals surface area (Å²) in [6, 6.07) is 17.6. The fraction of sp³-hybridized carbons (Fsp3) is 0.481. The highest BCUT2D eigenvalue weighted by Crippen LogP contribution is 2.20. The van der Waals surface area contributed by atoms with Crippen LogP contribution in [-0.4, -0.2) is 35.3 Å². The van der Waals surface area contributed by atoms with Gasteiger partial charge in [0.25, 0.3) is 0 Å². The molecule has 0 saturated heterocycles. The minimum absolute atomic E-state index is 0.00601. The van der Waals surface area contributed by atoms with E-state index in [1.54, 1.807) is 4.90 Å². The zero-order chi connectivity index (χ0) is 22.8. The fourth-order valence-corrected chi connectivity index (χ4v) is 4.76. The van der Waals surface area contributed by atoms with Gasteiger partial charge in [-0.3, -0.25) is 9.59 Å². The Hall–Kier alpha value is -2.33. The second-order valence-corrected chi connectivity index (χ2v) is 9.09. The summed E-state index contributed by atoms with van der Waals surface area (Å²) in [4.78, 5) is 28.3. The summed E-state index contributed by atoms with van der Waals surface area (Å²) in [5.74, 6) is -0.00921. The number of amides is 2. The van der Waals surface area contributed by atoms with Gasteiger partial charge in [-0.25, -0.2) is 0 Å². The lowest BCUT2D eigenvalue weighted by molar-refractivity contribution is -0.141. The maximum atomic E-state index is 13.3. The Kier molecular flexibility index (Phi) is 9.61. The summed E-state index contributed by atoms with van der Waals surface area (Å²) in [7, 11) is 0. The smallest absolute Gasteiger partial charge is 0.243 e. The van der Waals surface area contributed by atoms with Crippen molar-refractivity contribution in [3.05, 3.63) is 70.7 Å². The monoisotopic (exact) mass is 454 g/mol. The molecule has 0 spiro atoms. The van der Waals surface area contributed by atoms with Gasteiger partial charge in [0, 0.05) is 24.0 Å². The Balaban J connectivity index is 1.70. The van der Waals surface area contributed by atoms with Crippen molar-refractivity contribution in [3.8, 4) is 0 Å². The molecular formula is C27H35ClN2O2. The predicted octanol–water partition coefficient (Wildman–Crippen LogP) is 5.57. The molecule has 5 heteroatoms. The van der Waals surface area contributed by atoms with E-state index in [0.717, 1.165) is 37.7 Å². The van der Waals surface area contributed by atoms with E-state index in [1.165, 1.54) is 12.0 Å². The first-order chi connectivity index (χ1) is 15.6. The van der Waals surface area contributed by atoms with Crippen LogP contribution in [0.5, 0.6) is 0 Å². The number of carbonyl (C=O) groups is 2. The molecule has 0 bridgehead atoms. The predicted molar refractivity (Wildman–Crippen MR) is 131 cm³/mol. The Bertz CT molecular complexity index is 865. The third-order valence-electron chi connectivity index (χ3n) is 6.39. The summed E-state index contributed by atoms with van der Waals surface area (Å²) in [5, 5.41) is 3.91. The van der Waals surface area contributed by atoms with E-state index in [-0.39, 0.29) is 17.9 Å². The molecule has 1 fully saturated rings. The van der Waals surface area contributed by atoms with E-state index in [1.807, 2.05) is 49.4 Å². The highest BCUT2D eigenvalue weighted by molar-refractivity contribution is 6.31. The van der Waals surface area contributed by atoms with Gasteiger partial charge in [0.1, 0.15) is 6.04 Å². The molecule has 0 radical (unpaired) electrons. The number of nitrogens with zero attached hydrogens (tertiary/aromatic N) is 1. The highest BCUT2D eigenvalue weighted by atomic mass is 35.5. The van der Waals surface area contributed by atoms with Crippen LogP contribution in [0.2, 0.25) is 5.02 Å². The zero-order valence-electron chi connectivity index (χ0n) is 19.1. The molecular weight excluding hydrogens is 420 g/mol. The molecule has 0 aliphatic heterocycles. The van der Waals surface area contributed by atoms with Crippen LogP contribution in [0.4, 0.5) is 0 Å². The van der Waals surface area contributed by atoms with Crippen LogP contribution in [0.3, 0.4) is 0 Å². The molecule has 2 aromatic rings. The van der Waals surface area contributed by atoms with Gasteiger partial charge in [-0.05, 0) is 49.3 Å². The van der Waals surface area contributed by atoms with E-state index in [4.69, 9.17) is 11.6 Å². The summed E-state index contributed by atoms with van der Waals surface area (Å²) in [6.45, 7) is 2.52. The van der Waals surface area contributed by atoms with Crippen molar-refractivity contribution in [1.82, 2.24) is 10.2 Å². The quantitative estimate of drug-likeness (QED) is 0.510. The Morgan fingerprint density at radius 3 is 2.38 bits per heavy atom. The number of hydrogen-bond acceptors (Lipinski definition) is 2. The number of carbonyl (C=O) groups excluding carboxylic acids is 2. The highest BCUT2D eigenvalue weighted by Gasteiger charge is 2.29. The van der Waals surface area contributed by atoms with E-state index in [2.05, 4.69) is 17.4 Å². The lowest BCUT2D eigenvalue weighted by atomic mass is 9.95. The topological polar surface area (TPSA) is 49.4 Å². The van der Waals surface area contributed by atoms with Gasteiger partial charge >= 0.3 is 0 Å². The van der Waals surface area contributed by atoms with Gasteiger partial charge < -0.3 is 10.2 Å². The van der Waals surface area contributed by atoms with Crippen LogP contribution >= 0.6 is 11.6 Å². The first kappa shape index (κ1) is 24.3. The maximum Gasteiger partial charge on any atom is 0.243 e. The molecule has 3 rings (SSSR count). The third kappa shape index (κ3) is 7.09. The van der Waals surface area contributed by atoms with E-state index < -0.39 is 6.04 Å². The van der Waals surface area contributed by atoms with E-state index in [9.17, 15) is 9.59 Å². The van der Waals surface area contributed by atoms with Gasteiger partial charge in [-0.1, -0.05) is 86.3 Å². The molecule has 4 nitrogen and oxygen atoms in total. The first-order valence-electron chi connectivity index (χ1n) is 12.0. The molecule has 2 aromatic carbocycles. The normalized spacial score (nSPS) is 15.2. The van der Waals surface area contributed by atoms with Gasteiger partial charge in [0.05, 0.1) is 0 Å². The van der Waals surface area contributed by atoms with Crippen LogP contribution in [0, 0.1) is 0 Å². The summed E-state index contributed by atoms with van der Waals surface area (Å²) < 4.78 is 0. The van der Waals surface area contributed by atoms with Gasteiger partial charge in [-0.15, -0.1) is 0 Å². The van der Waals surface area contributed by atoms with Gasteiger partial charge in [-0.2, -0.15) is 0 Å². The number of nitrogens with one attached hydrogen (secondary N) is 1. The number of halogens is 1. The Labute approximate surface area is 197 Å². The summed E-state index contributed by atoms with van der Waals surface area (Å²) in [5.41, 5.74) is 2.13. The third-order valence-corrected chi connectivity index (χ3v) is 6.76. The Morgan fingerprint density at radius 1 is 1.00 bits per heavy atom. The average Bonchev–Trinajstić information content (AvgIpc) is 2.82. The molecule has 1 N–H and O–H groups in total. The van der Waals surface area contributed by atoms with Gasteiger partial charge in [0.15, 0.2) is 0 Å². The average molecular weight is 455 g/mol. The first-order valence-corrected chi connectivity index (χ1v) is 12.3. The summed E-state index contributed by atoms with van der Waals surface area (Å²) in [6.07, 6.45) is 7.88. The zero-order valence-corrected chi connectivity index (χ0v) is 19.8. The van der Waals surface area contributed by atoms with Crippen LogP contribution in [0.15, 0.2) is 54.6 Å². The number of benzene rings is 2. The fourth-order valence-electron chi connectivity index (χ4n) is 4.53. The van der Waals surface area contributed by atoms with Crippen molar-refractivity contribution in [2.24, 2.45) is 0 Å². The second kappa shape index (κ2) is 12.6. The number of aryl methyl sites for hydroxylation is 1. The van der Waals surface area contributed by atoms with Crippen molar-refractivity contribution < 1.29 is 9.59 Å². The largest absolute Gasteiger partial charge is 0.352 e. The lowest BCUT2D eigenvalue weighted by Crippen LogP contribution is -2.52. The number of hydrogen-bond donors (Lipinski definition) is 1. The molecule has 1 aliphatic carbocycles. The molecule has 1 atom stereocenters. The maximum absolute atomic E-state index is 13.3. The molecule has 32 heavy (non-hydrogen) atoms. The van der Waals surface area contributed by atoms with Crippen molar-refractivity contribution in [1.29, 1.82) is 0 Å². The number of rotatable bonds is 10.